The van der Waals surface area contributed by atoms with Gasteiger partial charge in [0.2, 0.25) is 5.91 Å². The van der Waals surface area contributed by atoms with Gasteiger partial charge in [0.25, 0.3) is 5.69 Å². The van der Waals surface area contributed by atoms with Crippen LogP contribution in [0.2, 0.25) is 0 Å². The van der Waals surface area contributed by atoms with Gasteiger partial charge in [-0.05, 0) is 61.5 Å². The van der Waals surface area contributed by atoms with Crippen LogP contribution in [0.25, 0.3) is 0 Å². The number of carbonyl (C=O) groups excluding carboxylic acids is 4. The Labute approximate surface area is 225 Å². The van der Waals surface area contributed by atoms with E-state index in [1.54, 1.807) is 37.3 Å². The largest absolute Gasteiger partial charge is 0.457 e. The Morgan fingerprint density at radius 3 is 2.34 bits per heavy atom. The summed E-state index contributed by atoms with van der Waals surface area (Å²) >= 11 is 3.29. The molecule has 0 radical (unpaired) electrons. The van der Waals surface area contributed by atoms with Gasteiger partial charge < -0.3 is 14.4 Å². The highest BCUT2D eigenvalue weighted by Crippen LogP contribution is 2.30. The lowest BCUT2D eigenvalue weighted by molar-refractivity contribution is -0.385. The van der Waals surface area contributed by atoms with Gasteiger partial charge in [0.05, 0.1) is 22.1 Å². The maximum Gasteiger partial charge on any atom is 0.343 e. The maximum atomic E-state index is 12.5. The average Bonchev–Trinajstić information content (AvgIpc) is 3.29. The normalized spacial score (nSPS) is 14.7. The zero-order valence-electron chi connectivity index (χ0n) is 20.1. The number of nitro benzene ring substituents is 1. The van der Waals surface area contributed by atoms with Crippen LogP contribution in [0, 0.1) is 23.0 Å². The van der Waals surface area contributed by atoms with Crippen LogP contribution in [0.4, 0.5) is 11.4 Å². The second-order valence-corrected chi connectivity index (χ2v) is 9.50. The van der Waals surface area contributed by atoms with Gasteiger partial charge in [0, 0.05) is 34.6 Å². The predicted molar refractivity (Wildman–Crippen MR) is 139 cm³/mol. The lowest BCUT2D eigenvalue weighted by Gasteiger charge is -2.16. The molecule has 4 rings (SSSR count). The summed E-state index contributed by atoms with van der Waals surface area (Å²) < 4.78 is 11.3. The van der Waals surface area contributed by atoms with Gasteiger partial charge in [-0.25, -0.2) is 4.79 Å². The molecule has 1 aliphatic heterocycles. The van der Waals surface area contributed by atoms with Crippen LogP contribution >= 0.6 is 15.9 Å². The highest BCUT2D eigenvalue weighted by Gasteiger charge is 2.37. The molecule has 11 heteroatoms. The fourth-order valence-electron chi connectivity index (χ4n) is 3.88. The summed E-state index contributed by atoms with van der Waals surface area (Å²) in [6.45, 7) is 1.05. The van der Waals surface area contributed by atoms with E-state index in [1.165, 1.54) is 41.3 Å². The second kappa shape index (κ2) is 11.3. The van der Waals surface area contributed by atoms with Crippen LogP contribution in [0.5, 0.6) is 5.75 Å². The molecular formula is C27H21BrN2O8. The second-order valence-electron chi connectivity index (χ2n) is 8.58. The number of nitrogens with zero attached hydrogens (tertiary/aromatic N) is 2. The summed E-state index contributed by atoms with van der Waals surface area (Å²) in [6, 6.07) is 16.9. The molecule has 1 atom stereocenters. The highest BCUT2D eigenvalue weighted by molar-refractivity contribution is 9.10. The Hall–Kier alpha value is -4.38. The monoisotopic (exact) mass is 580 g/mol. The highest BCUT2D eigenvalue weighted by atomic mass is 79.9. The predicted octanol–water partition coefficient (Wildman–Crippen LogP) is 4.66. The van der Waals surface area contributed by atoms with E-state index in [4.69, 9.17) is 9.47 Å². The van der Waals surface area contributed by atoms with Crippen LogP contribution in [-0.4, -0.2) is 41.7 Å². The number of ketones is 1. The van der Waals surface area contributed by atoms with E-state index < -0.39 is 35.2 Å². The fourth-order valence-corrected chi connectivity index (χ4v) is 4.14. The molecule has 10 nitrogen and oxygen atoms in total. The Morgan fingerprint density at radius 2 is 1.68 bits per heavy atom. The van der Waals surface area contributed by atoms with Crippen molar-refractivity contribution < 1.29 is 33.6 Å². The lowest BCUT2D eigenvalue weighted by atomic mass is 10.1. The van der Waals surface area contributed by atoms with Crippen molar-refractivity contribution >= 4 is 50.9 Å². The maximum absolute atomic E-state index is 12.5. The van der Waals surface area contributed by atoms with Gasteiger partial charge in [0.15, 0.2) is 12.4 Å². The van der Waals surface area contributed by atoms with Crippen molar-refractivity contribution in [3.05, 3.63) is 98.0 Å². The number of halogens is 1. The number of hydrogen-bond donors (Lipinski definition) is 0. The minimum Gasteiger partial charge on any atom is -0.457 e. The molecule has 1 amide bonds. The molecule has 0 aliphatic carbocycles. The third-order valence-electron chi connectivity index (χ3n) is 5.97. The van der Waals surface area contributed by atoms with Crippen LogP contribution in [0.15, 0.2) is 71.2 Å². The van der Waals surface area contributed by atoms with Crippen LogP contribution in [-0.2, 0) is 14.3 Å². The number of carbonyl (C=O) groups is 4. The number of hydrogen-bond acceptors (Lipinski definition) is 8. The summed E-state index contributed by atoms with van der Waals surface area (Å²) in [7, 11) is 0. The van der Waals surface area contributed by atoms with Crippen LogP contribution in [0.1, 0.15) is 32.7 Å². The molecule has 1 aliphatic rings. The molecule has 1 saturated heterocycles. The number of amides is 1. The summed E-state index contributed by atoms with van der Waals surface area (Å²) in [5, 5.41) is 11.2. The van der Waals surface area contributed by atoms with E-state index in [0.717, 1.165) is 4.47 Å². The summed E-state index contributed by atoms with van der Waals surface area (Å²) in [5.74, 6) is -2.67. The van der Waals surface area contributed by atoms with Crippen molar-refractivity contribution in [2.24, 2.45) is 5.92 Å². The molecule has 38 heavy (non-hydrogen) atoms. The van der Waals surface area contributed by atoms with Crippen molar-refractivity contribution in [1.82, 2.24) is 0 Å². The molecule has 0 N–H and O–H groups in total. The molecule has 0 bridgehead atoms. The minimum atomic E-state index is -0.809. The smallest absolute Gasteiger partial charge is 0.343 e. The molecule has 0 unspecified atom stereocenters. The number of Topliss-reactive ketones (excluding diaryl/α,β-unsaturated/α-hetero) is 1. The molecule has 1 fully saturated rings. The van der Waals surface area contributed by atoms with Gasteiger partial charge in [-0.15, -0.1) is 0 Å². The Kier molecular flexibility index (Phi) is 7.96. The van der Waals surface area contributed by atoms with Crippen molar-refractivity contribution in [2.75, 3.05) is 18.1 Å². The average molecular weight is 581 g/mol. The number of benzene rings is 3. The number of ether oxygens (including phenoxy) is 2. The van der Waals surface area contributed by atoms with Gasteiger partial charge in [0.1, 0.15) is 5.75 Å². The lowest BCUT2D eigenvalue weighted by Crippen LogP contribution is -2.27. The number of esters is 2. The third kappa shape index (κ3) is 6.12. The van der Waals surface area contributed by atoms with Gasteiger partial charge in [-0.2, -0.15) is 0 Å². The van der Waals surface area contributed by atoms with Gasteiger partial charge >= 0.3 is 11.9 Å². The summed E-state index contributed by atoms with van der Waals surface area (Å²) in [5.41, 5.74) is 1.26. The minimum absolute atomic E-state index is 0.00942. The van der Waals surface area contributed by atoms with Crippen LogP contribution in [0.3, 0.4) is 0 Å². The quantitative estimate of drug-likeness (QED) is 0.123. The van der Waals surface area contributed by atoms with Crippen molar-refractivity contribution in [2.45, 2.75) is 13.3 Å². The van der Waals surface area contributed by atoms with E-state index in [9.17, 15) is 29.3 Å². The first-order valence-corrected chi connectivity index (χ1v) is 12.2. The Balaban J connectivity index is 1.31. The first-order chi connectivity index (χ1) is 18.1. The van der Waals surface area contributed by atoms with Crippen molar-refractivity contribution in [3.8, 4) is 5.75 Å². The van der Waals surface area contributed by atoms with Crippen molar-refractivity contribution in [1.29, 1.82) is 0 Å². The third-order valence-corrected chi connectivity index (χ3v) is 6.50. The first kappa shape index (κ1) is 26.7. The molecule has 0 saturated carbocycles. The standard InChI is InChI=1S/C27H21BrN2O8/c1-16-2-9-21(13-23(16)30(35)36)29-14-19(12-25(29)32)26(33)37-15-24(31)17-5-10-22(11-6-17)38-27(34)18-3-7-20(28)8-4-18/h2-11,13,19H,12,14-15H2,1H3/t19-/m0/s1. The number of aryl methyl sites for hydroxylation is 1. The van der Waals surface area contributed by atoms with E-state index >= 15 is 0 Å². The van der Waals surface area contributed by atoms with Crippen molar-refractivity contribution in [3.63, 3.8) is 0 Å². The number of nitro groups is 1. The van der Waals surface area contributed by atoms with E-state index in [1.807, 2.05) is 0 Å². The summed E-state index contributed by atoms with van der Waals surface area (Å²) in [6.07, 6.45) is -0.132. The molecule has 194 valence electrons. The van der Waals surface area contributed by atoms with E-state index in [-0.39, 0.29) is 35.9 Å². The van der Waals surface area contributed by atoms with Crippen LogP contribution < -0.4 is 9.64 Å². The van der Waals surface area contributed by atoms with E-state index in [0.29, 0.717) is 16.8 Å². The molecule has 1 heterocycles. The van der Waals surface area contributed by atoms with E-state index in [2.05, 4.69) is 15.9 Å². The molecular weight excluding hydrogens is 560 g/mol. The summed E-state index contributed by atoms with van der Waals surface area (Å²) in [4.78, 5) is 61.7. The Morgan fingerprint density at radius 1 is 1.03 bits per heavy atom. The number of anilines is 1. The molecule has 0 spiro atoms. The molecule has 3 aromatic rings. The topological polar surface area (TPSA) is 133 Å². The van der Waals surface area contributed by atoms with Gasteiger partial charge in [-0.3, -0.25) is 24.5 Å². The Bertz CT molecular complexity index is 1420. The van der Waals surface area contributed by atoms with Gasteiger partial charge in [-0.1, -0.05) is 22.0 Å². The fraction of sp³-hybridized carbons (Fsp3) is 0.185. The zero-order valence-corrected chi connectivity index (χ0v) is 21.7. The number of rotatable bonds is 8. The molecule has 0 aromatic heterocycles. The zero-order chi connectivity index (χ0) is 27.4. The SMILES string of the molecule is Cc1ccc(N2C[C@@H](C(=O)OCC(=O)c3ccc(OC(=O)c4ccc(Br)cc4)cc3)CC2=O)cc1[N+](=O)[O-]. The molecule has 3 aromatic carbocycles. The first-order valence-electron chi connectivity index (χ1n) is 11.5.